The number of rotatable bonds is 5. The van der Waals surface area contributed by atoms with Gasteiger partial charge in [0.05, 0.1) is 7.11 Å². The second-order valence-electron chi connectivity index (χ2n) is 8.76. The SMILES string of the molecule is COc1cccc(C23CCN(CCc4ccccc4)CC2CCC(C)C3)c1. The largest absolute Gasteiger partial charge is 0.497 e. The van der Waals surface area contributed by atoms with Crippen molar-refractivity contribution in [3.05, 3.63) is 65.7 Å². The zero-order valence-corrected chi connectivity index (χ0v) is 16.9. The van der Waals surface area contributed by atoms with E-state index in [0.717, 1.165) is 24.0 Å². The molecule has 1 heterocycles. The molecule has 1 saturated heterocycles. The molecule has 0 amide bonds. The first-order valence-electron chi connectivity index (χ1n) is 10.6. The Bertz CT molecular complexity index is 743. The molecule has 2 aromatic rings. The highest BCUT2D eigenvalue weighted by atomic mass is 16.5. The van der Waals surface area contributed by atoms with Crippen molar-refractivity contribution in [1.82, 2.24) is 4.90 Å². The van der Waals surface area contributed by atoms with Gasteiger partial charge in [-0.05, 0) is 67.3 Å². The molecule has 0 aromatic heterocycles. The van der Waals surface area contributed by atoms with Crippen LogP contribution in [-0.4, -0.2) is 31.6 Å². The van der Waals surface area contributed by atoms with Crippen LogP contribution in [0.4, 0.5) is 0 Å². The summed E-state index contributed by atoms with van der Waals surface area (Å²) in [4.78, 5) is 2.71. The Kier molecular flexibility index (Phi) is 5.54. The maximum absolute atomic E-state index is 5.55. The molecule has 2 aromatic carbocycles. The molecule has 1 aliphatic heterocycles. The molecule has 1 aliphatic carbocycles. The summed E-state index contributed by atoms with van der Waals surface area (Å²) in [6, 6.07) is 19.9. The third-order valence-corrected chi connectivity index (χ3v) is 7.06. The van der Waals surface area contributed by atoms with Crippen LogP contribution in [0.3, 0.4) is 0 Å². The zero-order chi connectivity index (χ0) is 18.7. The van der Waals surface area contributed by atoms with Gasteiger partial charge in [0.1, 0.15) is 5.75 Å². The molecule has 0 spiro atoms. The smallest absolute Gasteiger partial charge is 0.119 e. The third-order valence-electron chi connectivity index (χ3n) is 7.06. The highest BCUT2D eigenvalue weighted by Crippen LogP contribution is 2.51. The average Bonchev–Trinajstić information content (AvgIpc) is 2.73. The Hall–Kier alpha value is -1.80. The van der Waals surface area contributed by atoms with E-state index in [9.17, 15) is 0 Å². The van der Waals surface area contributed by atoms with E-state index in [-0.39, 0.29) is 0 Å². The second-order valence-corrected chi connectivity index (χ2v) is 8.76. The minimum Gasteiger partial charge on any atom is -0.497 e. The number of methoxy groups -OCH3 is 1. The van der Waals surface area contributed by atoms with E-state index in [1.54, 1.807) is 7.11 Å². The van der Waals surface area contributed by atoms with Gasteiger partial charge in [0.25, 0.3) is 0 Å². The summed E-state index contributed by atoms with van der Waals surface area (Å²) in [6.45, 7) is 6.09. The lowest BCUT2D eigenvalue weighted by atomic mass is 9.57. The molecule has 4 rings (SSSR count). The van der Waals surface area contributed by atoms with Crippen LogP contribution in [0.5, 0.6) is 5.75 Å². The normalized spacial score (nSPS) is 28.5. The predicted octanol–water partition coefficient (Wildman–Crippen LogP) is 5.32. The second kappa shape index (κ2) is 8.06. The van der Waals surface area contributed by atoms with Crippen molar-refractivity contribution < 1.29 is 4.74 Å². The summed E-state index contributed by atoms with van der Waals surface area (Å²) in [7, 11) is 1.78. The van der Waals surface area contributed by atoms with Crippen molar-refractivity contribution in [2.75, 3.05) is 26.7 Å². The Morgan fingerprint density at radius 1 is 1.07 bits per heavy atom. The van der Waals surface area contributed by atoms with Crippen LogP contribution in [-0.2, 0) is 11.8 Å². The Morgan fingerprint density at radius 3 is 2.74 bits per heavy atom. The first-order chi connectivity index (χ1) is 13.2. The van der Waals surface area contributed by atoms with E-state index in [1.807, 2.05) is 0 Å². The van der Waals surface area contributed by atoms with Gasteiger partial charge in [0.15, 0.2) is 0 Å². The summed E-state index contributed by atoms with van der Waals surface area (Å²) < 4.78 is 5.55. The summed E-state index contributed by atoms with van der Waals surface area (Å²) in [5.41, 5.74) is 3.32. The standard InChI is InChI=1S/C25H33NO/c1-20-11-12-23-19-26(15-13-21-7-4-3-5-8-21)16-14-25(23,18-20)22-9-6-10-24(17-22)27-2/h3-10,17,20,23H,11-16,18-19H2,1-2H3. The minimum absolute atomic E-state index is 0.343. The number of benzene rings is 2. The van der Waals surface area contributed by atoms with Crippen LogP contribution in [0.2, 0.25) is 0 Å². The summed E-state index contributed by atoms with van der Waals surface area (Å²) >= 11 is 0. The highest BCUT2D eigenvalue weighted by Gasteiger charge is 2.47. The van der Waals surface area contributed by atoms with E-state index in [1.165, 1.54) is 56.4 Å². The molecular weight excluding hydrogens is 330 g/mol. The topological polar surface area (TPSA) is 12.5 Å². The number of nitrogens with zero attached hydrogens (tertiary/aromatic N) is 1. The Morgan fingerprint density at radius 2 is 1.93 bits per heavy atom. The van der Waals surface area contributed by atoms with E-state index < -0.39 is 0 Å². The molecule has 144 valence electrons. The fourth-order valence-corrected chi connectivity index (χ4v) is 5.55. The monoisotopic (exact) mass is 363 g/mol. The molecule has 2 fully saturated rings. The molecule has 0 bridgehead atoms. The van der Waals surface area contributed by atoms with Crippen LogP contribution >= 0.6 is 0 Å². The average molecular weight is 364 g/mol. The molecule has 3 atom stereocenters. The van der Waals surface area contributed by atoms with Crippen LogP contribution in [0.25, 0.3) is 0 Å². The molecule has 0 N–H and O–H groups in total. The fraction of sp³-hybridized carbons (Fsp3) is 0.520. The number of likely N-dealkylation sites (tertiary alicyclic amines) is 1. The third kappa shape index (κ3) is 3.91. The minimum atomic E-state index is 0.343. The molecule has 1 saturated carbocycles. The number of ether oxygens (including phenoxy) is 1. The van der Waals surface area contributed by atoms with Gasteiger partial charge in [-0.15, -0.1) is 0 Å². The van der Waals surface area contributed by atoms with Gasteiger partial charge < -0.3 is 9.64 Å². The van der Waals surface area contributed by atoms with Gasteiger partial charge in [-0.1, -0.05) is 55.8 Å². The van der Waals surface area contributed by atoms with Crippen molar-refractivity contribution in [2.45, 2.75) is 44.4 Å². The van der Waals surface area contributed by atoms with Gasteiger partial charge in [0.2, 0.25) is 0 Å². The lowest BCUT2D eigenvalue weighted by Gasteiger charge is -2.53. The molecule has 0 radical (unpaired) electrons. The predicted molar refractivity (Wildman–Crippen MR) is 112 cm³/mol. The quantitative estimate of drug-likeness (QED) is 0.713. The zero-order valence-electron chi connectivity index (χ0n) is 16.9. The number of hydrogen-bond donors (Lipinski definition) is 0. The van der Waals surface area contributed by atoms with Gasteiger partial charge in [0, 0.05) is 18.5 Å². The summed E-state index contributed by atoms with van der Waals surface area (Å²) in [6.07, 6.45) is 6.51. The van der Waals surface area contributed by atoms with Crippen molar-refractivity contribution in [2.24, 2.45) is 11.8 Å². The van der Waals surface area contributed by atoms with E-state index in [0.29, 0.717) is 5.41 Å². The Labute approximate surface area is 164 Å². The lowest BCUT2D eigenvalue weighted by Crippen LogP contribution is -2.52. The first-order valence-corrected chi connectivity index (χ1v) is 10.6. The molecular formula is C25H33NO. The molecule has 2 nitrogen and oxygen atoms in total. The highest BCUT2D eigenvalue weighted by molar-refractivity contribution is 5.36. The van der Waals surface area contributed by atoms with Gasteiger partial charge in [-0.25, -0.2) is 0 Å². The lowest BCUT2D eigenvalue weighted by molar-refractivity contribution is 0.0390. The Balaban J connectivity index is 1.51. The fourth-order valence-electron chi connectivity index (χ4n) is 5.55. The van der Waals surface area contributed by atoms with Crippen molar-refractivity contribution in [1.29, 1.82) is 0 Å². The van der Waals surface area contributed by atoms with Crippen molar-refractivity contribution >= 4 is 0 Å². The number of hydrogen-bond acceptors (Lipinski definition) is 2. The van der Waals surface area contributed by atoms with E-state index in [2.05, 4.69) is 66.4 Å². The van der Waals surface area contributed by atoms with Gasteiger partial charge in [-0.3, -0.25) is 0 Å². The molecule has 2 aliphatic rings. The van der Waals surface area contributed by atoms with Crippen LogP contribution in [0.1, 0.15) is 43.7 Å². The maximum Gasteiger partial charge on any atom is 0.119 e. The van der Waals surface area contributed by atoms with E-state index in [4.69, 9.17) is 4.74 Å². The molecule has 2 heteroatoms. The van der Waals surface area contributed by atoms with Crippen molar-refractivity contribution in [3.63, 3.8) is 0 Å². The number of piperidine rings is 1. The van der Waals surface area contributed by atoms with E-state index >= 15 is 0 Å². The first kappa shape index (κ1) is 18.6. The van der Waals surface area contributed by atoms with Gasteiger partial charge >= 0.3 is 0 Å². The summed E-state index contributed by atoms with van der Waals surface area (Å²) in [5.74, 6) is 2.60. The maximum atomic E-state index is 5.55. The molecule has 27 heavy (non-hydrogen) atoms. The van der Waals surface area contributed by atoms with Crippen LogP contribution < -0.4 is 4.74 Å². The molecule has 3 unspecified atom stereocenters. The van der Waals surface area contributed by atoms with Crippen molar-refractivity contribution in [3.8, 4) is 5.75 Å². The van der Waals surface area contributed by atoms with Crippen LogP contribution in [0, 0.1) is 11.8 Å². The number of fused-ring (bicyclic) bond motifs is 1. The van der Waals surface area contributed by atoms with Crippen LogP contribution in [0.15, 0.2) is 54.6 Å². The van der Waals surface area contributed by atoms with Gasteiger partial charge in [-0.2, -0.15) is 0 Å². The summed E-state index contributed by atoms with van der Waals surface area (Å²) in [5, 5.41) is 0.